The molecule has 0 atom stereocenters. The van der Waals surface area contributed by atoms with Crippen LogP contribution in [0.25, 0.3) is 0 Å². The molecule has 2 aromatic carbocycles. The van der Waals surface area contributed by atoms with Crippen molar-refractivity contribution in [2.45, 2.75) is 18.6 Å². The van der Waals surface area contributed by atoms with Gasteiger partial charge in [-0.3, -0.25) is 4.79 Å². The van der Waals surface area contributed by atoms with E-state index in [1.807, 2.05) is 6.07 Å². The number of aromatic carboxylic acids is 1. The van der Waals surface area contributed by atoms with Crippen molar-refractivity contribution in [1.82, 2.24) is 5.32 Å². The van der Waals surface area contributed by atoms with E-state index in [1.165, 1.54) is 12.1 Å². The highest BCUT2D eigenvalue weighted by Gasteiger charge is 2.12. The Morgan fingerprint density at radius 1 is 0.923 bits per heavy atom. The van der Waals surface area contributed by atoms with Gasteiger partial charge in [-0.25, -0.2) is 13.2 Å². The standard InChI is InChI=1S/C19H21NO5S/c21-18(13-15-7-9-17(10-8-15)19(22)23)20-11-4-12-26(24,25)14-16-5-2-1-3-6-16/h1-3,5-10H,4,11-14H2,(H,20,21)(H,22,23). The van der Waals surface area contributed by atoms with Gasteiger partial charge in [-0.05, 0) is 29.7 Å². The van der Waals surface area contributed by atoms with Crippen molar-refractivity contribution in [2.75, 3.05) is 12.3 Å². The molecular weight excluding hydrogens is 354 g/mol. The summed E-state index contributed by atoms with van der Waals surface area (Å²) >= 11 is 0. The summed E-state index contributed by atoms with van der Waals surface area (Å²) in [7, 11) is -3.21. The third kappa shape index (κ3) is 6.68. The first-order valence-electron chi connectivity index (χ1n) is 8.19. The summed E-state index contributed by atoms with van der Waals surface area (Å²) in [6.07, 6.45) is 0.468. The summed E-state index contributed by atoms with van der Waals surface area (Å²) in [6, 6.07) is 15.1. The molecule has 1 amide bonds. The van der Waals surface area contributed by atoms with Crippen molar-refractivity contribution in [3.05, 3.63) is 71.3 Å². The van der Waals surface area contributed by atoms with Gasteiger partial charge >= 0.3 is 5.97 Å². The second kappa shape index (κ2) is 9.15. The minimum absolute atomic E-state index is 0.00227. The van der Waals surface area contributed by atoms with Crippen LogP contribution < -0.4 is 5.32 Å². The second-order valence-electron chi connectivity index (χ2n) is 5.96. The van der Waals surface area contributed by atoms with Crippen molar-refractivity contribution in [3.8, 4) is 0 Å². The lowest BCUT2D eigenvalue weighted by molar-refractivity contribution is -0.120. The zero-order valence-corrected chi connectivity index (χ0v) is 15.0. The van der Waals surface area contributed by atoms with Gasteiger partial charge in [-0.15, -0.1) is 0 Å². The quantitative estimate of drug-likeness (QED) is 0.653. The molecule has 2 N–H and O–H groups in total. The normalized spacial score (nSPS) is 11.1. The number of hydrogen-bond donors (Lipinski definition) is 2. The van der Waals surface area contributed by atoms with Gasteiger partial charge in [0.25, 0.3) is 0 Å². The van der Waals surface area contributed by atoms with Crippen molar-refractivity contribution in [2.24, 2.45) is 0 Å². The van der Waals surface area contributed by atoms with Crippen LogP contribution in [-0.4, -0.2) is 37.7 Å². The zero-order chi connectivity index (χ0) is 19.0. The molecular formula is C19H21NO5S. The molecule has 0 aliphatic carbocycles. The predicted molar refractivity (Wildman–Crippen MR) is 98.7 cm³/mol. The van der Waals surface area contributed by atoms with E-state index in [0.29, 0.717) is 12.0 Å². The van der Waals surface area contributed by atoms with Gasteiger partial charge < -0.3 is 10.4 Å². The molecule has 0 spiro atoms. The smallest absolute Gasteiger partial charge is 0.335 e. The Morgan fingerprint density at radius 2 is 1.58 bits per heavy atom. The molecule has 7 heteroatoms. The van der Waals surface area contributed by atoms with Crippen LogP contribution in [-0.2, 0) is 26.8 Å². The number of benzene rings is 2. The Labute approximate surface area is 152 Å². The third-order valence-corrected chi connectivity index (χ3v) is 5.43. The number of rotatable bonds is 9. The molecule has 2 rings (SSSR count). The number of sulfone groups is 1. The lowest BCUT2D eigenvalue weighted by atomic mass is 10.1. The van der Waals surface area contributed by atoms with Gasteiger partial charge in [0.1, 0.15) is 0 Å². The molecule has 0 bridgehead atoms. The summed E-state index contributed by atoms with van der Waals surface area (Å²) in [5.74, 6) is -1.24. The SMILES string of the molecule is O=C(Cc1ccc(C(=O)O)cc1)NCCCS(=O)(=O)Cc1ccccc1. The third-order valence-electron chi connectivity index (χ3n) is 3.75. The summed E-state index contributed by atoms with van der Waals surface area (Å²) in [4.78, 5) is 22.6. The van der Waals surface area contributed by atoms with E-state index in [-0.39, 0.29) is 35.9 Å². The topological polar surface area (TPSA) is 101 Å². The molecule has 0 aromatic heterocycles. The number of carbonyl (C=O) groups excluding carboxylic acids is 1. The lowest BCUT2D eigenvalue weighted by Crippen LogP contribution is -2.27. The maximum atomic E-state index is 12.1. The van der Waals surface area contributed by atoms with Crippen LogP contribution in [0.4, 0.5) is 0 Å². The van der Waals surface area contributed by atoms with Crippen LogP contribution in [0.3, 0.4) is 0 Å². The number of carboxylic acid groups (broad SMARTS) is 1. The van der Waals surface area contributed by atoms with Crippen molar-refractivity contribution in [1.29, 1.82) is 0 Å². The highest BCUT2D eigenvalue weighted by molar-refractivity contribution is 7.90. The summed E-state index contributed by atoms with van der Waals surface area (Å²) in [5, 5.41) is 11.5. The highest BCUT2D eigenvalue weighted by atomic mass is 32.2. The average Bonchev–Trinajstić information content (AvgIpc) is 2.60. The van der Waals surface area contributed by atoms with Gasteiger partial charge in [0.2, 0.25) is 5.91 Å². The highest BCUT2D eigenvalue weighted by Crippen LogP contribution is 2.07. The first kappa shape index (κ1) is 19.7. The molecule has 26 heavy (non-hydrogen) atoms. The Hall–Kier alpha value is -2.67. The number of carbonyl (C=O) groups is 2. The molecule has 0 unspecified atom stereocenters. The minimum atomic E-state index is -3.21. The fourth-order valence-electron chi connectivity index (χ4n) is 2.43. The number of hydrogen-bond acceptors (Lipinski definition) is 4. The monoisotopic (exact) mass is 375 g/mol. The van der Waals surface area contributed by atoms with E-state index < -0.39 is 15.8 Å². The van der Waals surface area contributed by atoms with Crippen molar-refractivity contribution >= 4 is 21.7 Å². The molecule has 0 fully saturated rings. The summed E-state index contributed by atoms with van der Waals surface area (Å²) in [6.45, 7) is 0.278. The van der Waals surface area contributed by atoms with Gasteiger partial charge in [-0.2, -0.15) is 0 Å². The molecule has 138 valence electrons. The first-order valence-corrected chi connectivity index (χ1v) is 10.0. The van der Waals surface area contributed by atoms with E-state index in [0.717, 1.165) is 5.56 Å². The summed E-state index contributed by atoms with van der Waals surface area (Å²) < 4.78 is 24.1. The van der Waals surface area contributed by atoms with Crippen LogP contribution in [0, 0.1) is 0 Å². The minimum Gasteiger partial charge on any atom is -0.478 e. The van der Waals surface area contributed by atoms with Crippen molar-refractivity contribution < 1.29 is 23.1 Å². The van der Waals surface area contributed by atoms with E-state index in [4.69, 9.17) is 5.11 Å². The van der Waals surface area contributed by atoms with Crippen LogP contribution in [0.2, 0.25) is 0 Å². The molecule has 0 saturated carbocycles. The Kier molecular flexibility index (Phi) is 6.91. The predicted octanol–water partition coefficient (Wildman–Crippen LogP) is 2.05. The van der Waals surface area contributed by atoms with Crippen LogP contribution >= 0.6 is 0 Å². The van der Waals surface area contributed by atoms with Crippen LogP contribution in [0.1, 0.15) is 27.9 Å². The lowest BCUT2D eigenvalue weighted by Gasteiger charge is -2.07. The largest absolute Gasteiger partial charge is 0.478 e. The van der Waals surface area contributed by atoms with Crippen LogP contribution in [0.15, 0.2) is 54.6 Å². The fraction of sp³-hybridized carbons (Fsp3) is 0.263. The van der Waals surface area contributed by atoms with E-state index in [2.05, 4.69) is 5.32 Å². The Morgan fingerprint density at radius 3 is 2.19 bits per heavy atom. The fourth-order valence-corrected chi connectivity index (χ4v) is 3.86. The van der Waals surface area contributed by atoms with Gasteiger partial charge in [-0.1, -0.05) is 42.5 Å². The maximum Gasteiger partial charge on any atom is 0.335 e. The molecule has 0 aliphatic heterocycles. The molecule has 0 heterocycles. The van der Waals surface area contributed by atoms with E-state index in [9.17, 15) is 18.0 Å². The van der Waals surface area contributed by atoms with Crippen molar-refractivity contribution in [3.63, 3.8) is 0 Å². The average molecular weight is 375 g/mol. The Bertz CT molecular complexity index is 845. The van der Waals surface area contributed by atoms with Gasteiger partial charge in [0.15, 0.2) is 9.84 Å². The molecule has 0 radical (unpaired) electrons. The molecule has 2 aromatic rings. The number of amides is 1. The first-order chi connectivity index (χ1) is 12.4. The van der Waals surface area contributed by atoms with E-state index >= 15 is 0 Å². The second-order valence-corrected chi connectivity index (χ2v) is 8.14. The molecule has 0 aliphatic rings. The van der Waals surface area contributed by atoms with Gasteiger partial charge in [0, 0.05) is 6.54 Å². The van der Waals surface area contributed by atoms with Gasteiger partial charge in [0.05, 0.1) is 23.5 Å². The molecule has 0 saturated heterocycles. The molecule has 6 nitrogen and oxygen atoms in total. The van der Waals surface area contributed by atoms with E-state index in [1.54, 1.807) is 36.4 Å². The number of carboxylic acids is 1. The maximum absolute atomic E-state index is 12.1. The summed E-state index contributed by atoms with van der Waals surface area (Å²) in [5.41, 5.74) is 1.61. The number of nitrogens with one attached hydrogen (secondary N) is 1. The Balaban J connectivity index is 1.71. The van der Waals surface area contributed by atoms with Crippen LogP contribution in [0.5, 0.6) is 0 Å². The zero-order valence-electron chi connectivity index (χ0n) is 14.2.